The van der Waals surface area contributed by atoms with Crippen LogP contribution in [0.3, 0.4) is 0 Å². The minimum Gasteiger partial charge on any atom is -0.469 e. The fourth-order valence-corrected chi connectivity index (χ4v) is 2.98. The molecule has 0 amide bonds. The van der Waals surface area contributed by atoms with Gasteiger partial charge < -0.3 is 9.47 Å². The Labute approximate surface area is 127 Å². The van der Waals surface area contributed by atoms with Crippen LogP contribution in [0, 0.1) is 5.92 Å². The number of ketones is 2. The summed E-state index contributed by atoms with van der Waals surface area (Å²) in [5.41, 5.74) is 0. The molecule has 1 aliphatic rings. The molecule has 21 heavy (non-hydrogen) atoms. The maximum Gasteiger partial charge on any atom is 0.310 e. The zero-order valence-electron chi connectivity index (χ0n) is 12.4. The third-order valence-corrected chi connectivity index (χ3v) is 4.56. The van der Waals surface area contributed by atoms with Gasteiger partial charge in [-0.05, 0) is 12.2 Å². The van der Waals surface area contributed by atoms with Crippen LogP contribution >= 0.6 is 11.8 Å². The highest BCUT2D eigenvalue weighted by molar-refractivity contribution is 8.00. The zero-order chi connectivity index (χ0) is 16.0. The van der Waals surface area contributed by atoms with Gasteiger partial charge in [0.2, 0.25) is 6.10 Å². The number of carbonyl (C=O) groups is 4. The van der Waals surface area contributed by atoms with Crippen molar-refractivity contribution in [2.45, 2.75) is 44.5 Å². The van der Waals surface area contributed by atoms with E-state index in [9.17, 15) is 19.2 Å². The summed E-state index contributed by atoms with van der Waals surface area (Å²) in [7, 11) is 1.22. The Bertz CT molecular complexity index is 433. The van der Waals surface area contributed by atoms with Crippen LogP contribution in [-0.4, -0.2) is 47.7 Å². The van der Waals surface area contributed by atoms with Crippen molar-refractivity contribution in [2.75, 3.05) is 12.9 Å². The van der Waals surface area contributed by atoms with Crippen molar-refractivity contribution in [1.29, 1.82) is 0 Å². The molecule has 0 spiro atoms. The summed E-state index contributed by atoms with van der Waals surface area (Å²) in [6.07, 6.45) is -0.443. The first-order valence-electron chi connectivity index (χ1n) is 6.86. The second-order valence-electron chi connectivity index (χ2n) is 4.93. The molecular weight excluding hydrogens is 296 g/mol. The minimum absolute atomic E-state index is 0.104. The Morgan fingerprint density at radius 2 is 2.05 bits per heavy atom. The summed E-state index contributed by atoms with van der Waals surface area (Å²) < 4.78 is 9.45. The van der Waals surface area contributed by atoms with Crippen LogP contribution < -0.4 is 0 Å². The van der Waals surface area contributed by atoms with E-state index in [1.807, 2.05) is 6.92 Å². The van der Waals surface area contributed by atoms with Gasteiger partial charge >= 0.3 is 11.9 Å². The highest BCUT2D eigenvalue weighted by Crippen LogP contribution is 2.27. The van der Waals surface area contributed by atoms with Gasteiger partial charge in [-0.2, -0.15) is 11.8 Å². The summed E-state index contributed by atoms with van der Waals surface area (Å²) in [6.45, 7) is 3.48. The molecule has 0 aliphatic heterocycles. The van der Waals surface area contributed by atoms with Crippen LogP contribution in [0.1, 0.15) is 33.1 Å². The second-order valence-corrected chi connectivity index (χ2v) is 6.24. The molecule has 0 saturated heterocycles. The maximum atomic E-state index is 12.0. The average Bonchev–Trinajstić information content (AvgIpc) is 2.72. The van der Waals surface area contributed by atoms with Crippen molar-refractivity contribution in [3.8, 4) is 0 Å². The smallest absolute Gasteiger partial charge is 0.310 e. The number of ether oxygens (including phenoxy) is 2. The number of esters is 2. The number of rotatable bonds is 7. The molecule has 1 saturated carbocycles. The van der Waals surface area contributed by atoms with E-state index in [1.165, 1.54) is 25.8 Å². The predicted molar refractivity (Wildman–Crippen MR) is 76.8 cm³/mol. The van der Waals surface area contributed by atoms with Gasteiger partial charge in [0.05, 0.1) is 24.7 Å². The summed E-state index contributed by atoms with van der Waals surface area (Å²) in [5, 5.41) is -0.425. The van der Waals surface area contributed by atoms with Crippen LogP contribution in [0.4, 0.5) is 0 Å². The first kappa shape index (κ1) is 17.7. The Balaban J connectivity index is 2.57. The Hall–Kier alpha value is -1.37. The van der Waals surface area contributed by atoms with E-state index in [0.717, 1.165) is 12.2 Å². The van der Waals surface area contributed by atoms with E-state index < -0.39 is 29.2 Å². The molecule has 7 heteroatoms. The largest absolute Gasteiger partial charge is 0.469 e. The van der Waals surface area contributed by atoms with E-state index in [2.05, 4.69) is 4.74 Å². The molecule has 1 rings (SSSR count). The molecular formula is C14H20O6S. The standard InChI is InChI=1S/C14H20O6S/c1-4-5-21-10-7-9(15)13(12(10)17)20-14(18)8(2)6-11(16)19-3/h8,10,13H,4-7H2,1-3H3. The molecule has 0 aromatic heterocycles. The summed E-state index contributed by atoms with van der Waals surface area (Å²) in [5.74, 6) is -1.96. The Kier molecular flexibility index (Phi) is 6.87. The average molecular weight is 316 g/mol. The third kappa shape index (κ3) is 4.84. The lowest BCUT2D eigenvalue weighted by Crippen LogP contribution is -2.33. The van der Waals surface area contributed by atoms with E-state index in [4.69, 9.17) is 4.74 Å². The molecule has 118 valence electrons. The van der Waals surface area contributed by atoms with E-state index in [-0.39, 0.29) is 24.4 Å². The zero-order valence-corrected chi connectivity index (χ0v) is 13.2. The molecule has 0 N–H and O–H groups in total. The van der Waals surface area contributed by atoms with Gasteiger partial charge in [0.15, 0.2) is 11.6 Å². The predicted octanol–water partition coefficient (Wildman–Crippen LogP) is 1.15. The molecule has 0 aromatic carbocycles. The number of hydrogen-bond acceptors (Lipinski definition) is 7. The van der Waals surface area contributed by atoms with Crippen LogP contribution in [0.25, 0.3) is 0 Å². The van der Waals surface area contributed by atoms with Gasteiger partial charge in [-0.3, -0.25) is 19.2 Å². The molecule has 0 aromatic rings. The van der Waals surface area contributed by atoms with E-state index in [1.54, 1.807) is 0 Å². The van der Waals surface area contributed by atoms with Crippen molar-refractivity contribution in [3.05, 3.63) is 0 Å². The van der Waals surface area contributed by atoms with Crippen LogP contribution in [0.15, 0.2) is 0 Å². The second kappa shape index (κ2) is 8.17. The van der Waals surface area contributed by atoms with Gasteiger partial charge in [-0.1, -0.05) is 13.8 Å². The minimum atomic E-state index is -1.31. The summed E-state index contributed by atoms with van der Waals surface area (Å²) in [4.78, 5) is 46.8. The van der Waals surface area contributed by atoms with Gasteiger partial charge in [-0.15, -0.1) is 0 Å². The SMILES string of the molecule is CCCSC1CC(=O)C(OC(=O)C(C)CC(=O)OC)C1=O. The highest BCUT2D eigenvalue weighted by atomic mass is 32.2. The lowest BCUT2D eigenvalue weighted by molar-refractivity contribution is -0.162. The van der Waals surface area contributed by atoms with Crippen molar-refractivity contribution >= 4 is 35.3 Å². The first-order valence-corrected chi connectivity index (χ1v) is 7.90. The van der Waals surface area contributed by atoms with Gasteiger partial charge in [0, 0.05) is 6.42 Å². The van der Waals surface area contributed by atoms with Crippen LogP contribution in [0.5, 0.6) is 0 Å². The van der Waals surface area contributed by atoms with Gasteiger partial charge in [-0.25, -0.2) is 0 Å². The summed E-state index contributed by atoms with van der Waals surface area (Å²) >= 11 is 1.41. The van der Waals surface area contributed by atoms with Crippen molar-refractivity contribution in [1.82, 2.24) is 0 Å². The maximum absolute atomic E-state index is 12.0. The number of carbonyl (C=O) groups excluding carboxylic acids is 4. The number of methoxy groups -OCH3 is 1. The highest BCUT2D eigenvalue weighted by Gasteiger charge is 2.44. The van der Waals surface area contributed by atoms with E-state index in [0.29, 0.717) is 0 Å². The first-order chi connectivity index (χ1) is 9.90. The molecule has 1 aliphatic carbocycles. The van der Waals surface area contributed by atoms with Gasteiger partial charge in [0.1, 0.15) is 0 Å². The van der Waals surface area contributed by atoms with Gasteiger partial charge in [0.25, 0.3) is 0 Å². The third-order valence-electron chi connectivity index (χ3n) is 3.11. The van der Waals surface area contributed by atoms with Crippen molar-refractivity contribution in [3.63, 3.8) is 0 Å². The molecule has 0 heterocycles. The topological polar surface area (TPSA) is 86.7 Å². The normalized spacial score (nSPS) is 23.0. The fourth-order valence-electron chi connectivity index (χ4n) is 1.89. The molecule has 0 radical (unpaired) electrons. The molecule has 0 bridgehead atoms. The molecule has 3 unspecified atom stereocenters. The van der Waals surface area contributed by atoms with Crippen molar-refractivity contribution < 1.29 is 28.7 Å². The molecule has 6 nitrogen and oxygen atoms in total. The monoisotopic (exact) mass is 316 g/mol. The van der Waals surface area contributed by atoms with Crippen molar-refractivity contribution in [2.24, 2.45) is 5.92 Å². The number of thioether (sulfide) groups is 1. The lowest BCUT2D eigenvalue weighted by Gasteiger charge is -2.14. The fraction of sp³-hybridized carbons (Fsp3) is 0.714. The Morgan fingerprint density at radius 1 is 1.38 bits per heavy atom. The van der Waals surface area contributed by atoms with Crippen LogP contribution in [-0.2, 0) is 28.7 Å². The molecule has 1 fully saturated rings. The summed E-state index contributed by atoms with van der Waals surface area (Å²) in [6, 6.07) is 0. The number of hydrogen-bond donors (Lipinski definition) is 0. The van der Waals surface area contributed by atoms with Crippen LogP contribution in [0.2, 0.25) is 0 Å². The quantitative estimate of drug-likeness (QED) is 0.514. The molecule has 3 atom stereocenters. The number of Topliss-reactive ketones (excluding diaryl/α,β-unsaturated/α-hetero) is 2. The Morgan fingerprint density at radius 3 is 2.62 bits per heavy atom. The van der Waals surface area contributed by atoms with E-state index >= 15 is 0 Å². The lowest BCUT2D eigenvalue weighted by atomic mass is 10.1.